The maximum Gasteiger partial charge on any atom is 0.276 e. The summed E-state index contributed by atoms with van der Waals surface area (Å²) in [6.07, 6.45) is 0. The van der Waals surface area contributed by atoms with Gasteiger partial charge in [0.1, 0.15) is 0 Å². The van der Waals surface area contributed by atoms with E-state index in [1.54, 1.807) is 6.07 Å². The van der Waals surface area contributed by atoms with E-state index in [0.717, 1.165) is 30.2 Å². The van der Waals surface area contributed by atoms with Gasteiger partial charge in [-0.05, 0) is 51.1 Å². The lowest BCUT2D eigenvalue weighted by Gasteiger charge is -2.21. The first kappa shape index (κ1) is 14.1. The molecule has 1 heterocycles. The van der Waals surface area contributed by atoms with Gasteiger partial charge in [0.15, 0.2) is 5.69 Å². The van der Waals surface area contributed by atoms with E-state index in [0.29, 0.717) is 5.69 Å². The predicted octanol–water partition coefficient (Wildman–Crippen LogP) is 2.82. The lowest BCUT2D eigenvalue weighted by atomic mass is 10.2. The Morgan fingerprint density at radius 3 is 2.40 bits per heavy atom. The molecule has 1 aromatic carbocycles. The van der Waals surface area contributed by atoms with Gasteiger partial charge in [-0.15, -0.1) is 0 Å². The molecule has 0 atom stereocenters. The van der Waals surface area contributed by atoms with Gasteiger partial charge in [0, 0.05) is 30.2 Å². The minimum atomic E-state index is -0.204. The van der Waals surface area contributed by atoms with Gasteiger partial charge >= 0.3 is 0 Å². The number of hydrogen-bond acceptors (Lipinski definition) is 3. The fourth-order valence-electron chi connectivity index (χ4n) is 2.07. The largest absolute Gasteiger partial charge is 0.372 e. The number of carbonyl (C=O) groups excluding carboxylic acids is 1. The van der Waals surface area contributed by atoms with Crippen molar-refractivity contribution in [2.24, 2.45) is 0 Å². The molecule has 0 aliphatic heterocycles. The number of nitrogens with one attached hydrogen (secondary N) is 2. The summed E-state index contributed by atoms with van der Waals surface area (Å²) in [6, 6.07) is 9.56. The molecule has 0 aliphatic carbocycles. The van der Waals surface area contributed by atoms with Crippen LogP contribution in [0.3, 0.4) is 0 Å². The number of amides is 1. The zero-order chi connectivity index (χ0) is 14.5. The first-order chi connectivity index (χ1) is 9.63. The SMILES string of the molecule is CCN(CC)c1ccc(NC(=O)c2cc(C)[nH]n2)cc1. The third-order valence-corrected chi connectivity index (χ3v) is 3.19. The highest BCUT2D eigenvalue weighted by atomic mass is 16.1. The van der Waals surface area contributed by atoms with Crippen molar-refractivity contribution in [3.8, 4) is 0 Å². The number of aromatic amines is 1. The van der Waals surface area contributed by atoms with E-state index >= 15 is 0 Å². The number of aromatic nitrogens is 2. The third kappa shape index (κ3) is 3.17. The summed E-state index contributed by atoms with van der Waals surface area (Å²) in [5, 5.41) is 9.53. The average molecular weight is 272 g/mol. The molecular formula is C15H20N4O. The van der Waals surface area contributed by atoms with Crippen LogP contribution in [0, 0.1) is 6.92 Å². The van der Waals surface area contributed by atoms with Gasteiger partial charge in [0.2, 0.25) is 0 Å². The summed E-state index contributed by atoms with van der Waals surface area (Å²) in [6.45, 7) is 8.05. The zero-order valence-corrected chi connectivity index (χ0v) is 12.1. The zero-order valence-electron chi connectivity index (χ0n) is 12.1. The predicted molar refractivity (Wildman–Crippen MR) is 81.3 cm³/mol. The first-order valence-electron chi connectivity index (χ1n) is 6.82. The summed E-state index contributed by atoms with van der Waals surface area (Å²) in [4.78, 5) is 14.2. The van der Waals surface area contributed by atoms with Gasteiger partial charge < -0.3 is 10.2 Å². The normalized spacial score (nSPS) is 10.3. The average Bonchev–Trinajstić information content (AvgIpc) is 2.89. The van der Waals surface area contributed by atoms with E-state index in [4.69, 9.17) is 0 Å². The van der Waals surface area contributed by atoms with E-state index in [-0.39, 0.29) is 5.91 Å². The Hall–Kier alpha value is -2.30. The van der Waals surface area contributed by atoms with Crippen molar-refractivity contribution in [1.82, 2.24) is 10.2 Å². The Morgan fingerprint density at radius 1 is 1.25 bits per heavy atom. The molecule has 5 nitrogen and oxygen atoms in total. The molecule has 0 radical (unpaired) electrons. The monoisotopic (exact) mass is 272 g/mol. The molecule has 2 rings (SSSR count). The van der Waals surface area contributed by atoms with Crippen LogP contribution in [0.2, 0.25) is 0 Å². The highest BCUT2D eigenvalue weighted by Gasteiger charge is 2.09. The second-order valence-corrected chi connectivity index (χ2v) is 4.61. The molecule has 5 heteroatoms. The number of benzene rings is 1. The number of aryl methyl sites for hydroxylation is 1. The Kier molecular flexibility index (Phi) is 4.40. The quantitative estimate of drug-likeness (QED) is 0.879. The molecule has 20 heavy (non-hydrogen) atoms. The maximum atomic E-state index is 12.0. The van der Waals surface area contributed by atoms with Crippen molar-refractivity contribution in [2.45, 2.75) is 20.8 Å². The van der Waals surface area contributed by atoms with Crippen molar-refractivity contribution in [3.05, 3.63) is 41.7 Å². The smallest absolute Gasteiger partial charge is 0.276 e. The lowest BCUT2D eigenvalue weighted by molar-refractivity contribution is 0.102. The molecule has 0 saturated heterocycles. The van der Waals surface area contributed by atoms with E-state index in [1.165, 1.54) is 0 Å². The second kappa shape index (κ2) is 6.23. The summed E-state index contributed by atoms with van der Waals surface area (Å²) in [5.74, 6) is -0.204. The number of hydrogen-bond donors (Lipinski definition) is 2. The van der Waals surface area contributed by atoms with E-state index in [1.807, 2.05) is 31.2 Å². The number of carbonyl (C=O) groups is 1. The van der Waals surface area contributed by atoms with Crippen LogP contribution >= 0.6 is 0 Å². The molecule has 0 fully saturated rings. The third-order valence-electron chi connectivity index (χ3n) is 3.19. The van der Waals surface area contributed by atoms with Crippen LogP contribution in [0.4, 0.5) is 11.4 Å². The van der Waals surface area contributed by atoms with E-state index in [9.17, 15) is 4.79 Å². The summed E-state index contributed by atoms with van der Waals surface area (Å²) in [5.41, 5.74) is 3.19. The van der Waals surface area contributed by atoms with Crippen LogP contribution in [0.5, 0.6) is 0 Å². The van der Waals surface area contributed by atoms with Crippen LogP contribution in [-0.4, -0.2) is 29.2 Å². The van der Waals surface area contributed by atoms with Crippen molar-refractivity contribution in [3.63, 3.8) is 0 Å². The second-order valence-electron chi connectivity index (χ2n) is 4.61. The molecule has 2 aromatic rings. The fraction of sp³-hybridized carbons (Fsp3) is 0.333. The standard InChI is InChI=1S/C15H20N4O/c1-4-19(5-2)13-8-6-12(7-9-13)16-15(20)14-10-11(3)17-18-14/h6-10H,4-5H2,1-3H3,(H,16,20)(H,17,18). The Morgan fingerprint density at radius 2 is 1.90 bits per heavy atom. The van der Waals surface area contributed by atoms with Crippen LogP contribution in [0.1, 0.15) is 30.0 Å². The van der Waals surface area contributed by atoms with Crippen LogP contribution in [0.25, 0.3) is 0 Å². The van der Waals surface area contributed by atoms with Crippen LogP contribution in [-0.2, 0) is 0 Å². The summed E-state index contributed by atoms with van der Waals surface area (Å²) in [7, 11) is 0. The van der Waals surface area contributed by atoms with Gasteiger partial charge in [-0.1, -0.05) is 0 Å². The van der Waals surface area contributed by atoms with Crippen LogP contribution < -0.4 is 10.2 Å². The van der Waals surface area contributed by atoms with E-state index in [2.05, 4.69) is 34.3 Å². The number of H-pyrrole nitrogens is 1. The molecule has 0 spiro atoms. The summed E-state index contributed by atoms with van der Waals surface area (Å²) >= 11 is 0. The van der Waals surface area contributed by atoms with Gasteiger partial charge in [0.25, 0.3) is 5.91 Å². The molecular weight excluding hydrogens is 252 g/mol. The topological polar surface area (TPSA) is 61.0 Å². The maximum absolute atomic E-state index is 12.0. The van der Waals surface area contributed by atoms with Crippen molar-refractivity contribution in [1.29, 1.82) is 0 Å². The number of nitrogens with zero attached hydrogens (tertiary/aromatic N) is 2. The Bertz CT molecular complexity index is 570. The highest BCUT2D eigenvalue weighted by molar-refractivity contribution is 6.02. The van der Waals surface area contributed by atoms with Gasteiger partial charge in [-0.2, -0.15) is 5.10 Å². The molecule has 0 saturated carbocycles. The minimum absolute atomic E-state index is 0.204. The lowest BCUT2D eigenvalue weighted by Crippen LogP contribution is -2.21. The molecule has 0 bridgehead atoms. The first-order valence-corrected chi connectivity index (χ1v) is 6.82. The van der Waals surface area contributed by atoms with Crippen molar-refractivity contribution in [2.75, 3.05) is 23.3 Å². The highest BCUT2D eigenvalue weighted by Crippen LogP contribution is 2.18. The van der Waals surface area contributed by atoms with Crippen molar-refractivity contribution < 1.29 is 4.79 Å². The van der Waals surface area contributed by atoms with Gasteiger partial charge in [0.05, 0.1) is 0 Å². The fourth-order valence-corrected chi connectivity index (χ4v) is 2.07. The summed E-state index contributed by atoms with van der Waals surface area (Å²) < 4.78 is 0. The van der Waals surface area contributed by atoms with E-state index < -0.39 is 0 Å². The molecule has 2 N–H and O–H groups in total. The number of anilines is 2. The minimum Gasteiger partial charge on any atom is -0.372 e. The number of rotatable bonds is 5. The Labute approximate surface area is 119 Å². The molecule has 0 unspecified atom stereocenters. The molecule has 0 aliphatic rings. The Balaban J connectivity index is 2.05. The molecule has 106 valence electrons. The van der Waals surface area contributed by atoms with Crippen molar-refractivity contribution >= 4 is 17.3 Å². The van der Waals surface area contributed by atoms with Gasteiger partial charge in [-0.25, -0.2) is 0 Å². The molecule has 1 amide bonds. The van der Waals surface area contributed by atoms with Crippen LogP contribution in [0.15, 0.2) is 30.3 Å². The van der Waals surface area contributed by atoms with Gasteiger partial charge in [-0.3, -0.25) is 9.89 Å². The molecule has 1 aromatic heterocycles.